The van der Waals surface area contributed by atoms with Gasteiger partial charge in [-0.1, -0.05) is 29.8 Å². The Morgan fingerprint density at radius 1 is 1.29 bits per heavy atom. The van der Waals surface area contributed by atoms with Gasteiger partial charge in [-0.05, 0) is 54.9 Å². The molecule has 0 radical (unpaired) electrons. The molecule has 1 fully saturated rings. The fourth-order valence-electron chi connectivity index (χ4n) is 3.32. The lowest BCUT2D eigenvalue weighted by atomic mass is 10.1. The van der Waals surface area contributed by atoms with Crippen LogP contribution in [-0.2, 0) is 16.1 Å². The maximum absolute atomic E-state index is 12.8. The van der Waals surface area contributed by atoms with Crippen molar-refractivity contribution in [2.75, 3.05) is 13.2 Å². The highest BCUT2D eigenvalue weighted by atomic mass is 79.9. The fraction of sp³-hybridized carbons (Fsp3) is 0.391. The van der Waals surface area contributed by atoms with Gasteiger partial charge in [0.15, 0.2) is 5.11 Å². The molecule has 1 aliphatic heterocycles. The first-order valence-corrected chi connectivity index (χ1v) is 12.1. The van der Waals surface area contributed by atoms with Crippen LogP contribution in [0.3, 0.4) is 0 Å². The van der Waals surface area contributed by atoms with E-state index in [0.717, 1.165) is 6.42 Å². The molecule has 2 heterocycles. The van der Waals surface area contributed by atoms with E-state index in [1.54, 1.807) is 35.2 Å². The van der Waals surface area contributed by atoms with Crippen LogP contribution in [0, 0.1) is 11.8 Å². The Morgan fingerprint density at radius 2 is 2.09 bits per heavy atom. The van der Waals surface area contributed by atoms with Crippen LogP contribution in [0.15, 0.2) is 45.5 Å². The van der Waals surface area contributed by atoms with Gasteiger partial charge in [0, 0.05) is 17.4 Å². The van der Waals surface area contributed by atoms with Crippen LogP contribution in [0.5, 0.6) is 5.75 Å². The van der Waals surface area contributed by atoms with E-state index in [-0.39, 0.29) is 24.0 Å². The minimum atomic E-state index is -0.542. The summed E-state index contributed by atoms with van der Waals surface area (Å²) in [7, 11) is 0. The minimum absolute atomic E-state index is 0.0804. The highest BCUT2D eigenvalue weighted by Gasteiger charge is 2.34. The van der Waals surface area contributed by atoms with Gasteiger partial charge in [-0.15, -0.1) is 0 Å². The van der Waals surface area contributed by atoms with Gasteiger partial charge in [0.25, 0.3) is 5.91 Å². The smallest absolute Gasteiger partial charge is 0.261 e. The number of carbonyl (C=O) groups is 3. The number of likely N-dealkylation sites (tertiary alicyclic amines) is 1. The van der Waals surface area contributed by atoms with Crippen molar-refractivity contribution in [3.63, 3.8) is 0 Å². The van der Waals surface area contributed by atoms with Crippen LogP contribution in [0.4, 0.5) is 0 Å². The minimum Gasteiger partial charge on any atom is -0.493 e. The van der Waals surface area contributed by atoms with Crippen molar-refractivity contribution in [1.29, 1.82) is 0 Å². The second-order valence-corrected chi connectivity index (χ2v) is 9.65. The summed E-state index contributed by atoms with van der Waals surface area (Å²) >= 11 is 8.50. The second-order valence-electron chi connectivity index (χ2n) is 8.32. The Hall–Kier alpha value is -2.92. The Kier molecular flexibility index (Phi) is 9.05. The number of amides is 3. The molecule has 3 N–H and O–H groups in total. The third kappa shape index (κ3) is 7.29. The average molecular weight is 551 g/mol. The Bertz CT molecular complexity index is 1040. The molecule has 3 amide bonds. The van der Waals surface area contributed by atoms with E-state index in [9.17, 15) is 14.4 Å². The van der Waals surface area contributed by atoms with Crippen molar-refractivity contribution >= 4 is 51.0 Å². The second kappa shape index (κ2) is 12.0. The SMILES string of the molecule is CC(C)CCOc1ccc(Br)cc1C(=O)NC(=S)NNC(=O)C1CC(=O)N(Cc2ccco2)C1. The number of nitrogens with zero attached hydrogens (tertiary/aromatic N) is 1. The van der Waals surface area contributed by atoms with Crippen molar-refractivity contribution in [2.24, 2.45) is 11.8 Å². The number of ether oxygens (including phenoxy) is 1. The lowest BCUT2D eigenvalue weighted by Gasteiger charge is -2.16. The molecule has 1 atom stereocenters. The van der Waals surface area contributed by atoms with Gasteiger partial charge >= 0.3 is 0 Å². The highest BCUT2D eigenvalue weighted by molar-refractivity contribution is 9.10. The van der Waals surface area contributed by atoms with Crippen LogP contribution in [0.1, 0.15) is 42.8 Å². The molecule has 0 spiro atoms. The summed E-state index contributed by atoms with van der Waals surface area (Å²) in [6.07, 6.45) is 2.47. The largest absolute Gasteiger partial charge is 0.493 e. The van der Waals surface area contributed by atoms with Gasteiger partial charge in [-0.2, -0.15) is 0 Å². The van der Waals surface area contributed by atoms with Crippen LogP contribution in [-0.4, -0.2) is 40.9 Å². The number of rotatable bonds is 8. The average Bonchev–Trinajstić information content (AvgIpc) is 3.43. The fourth-order valence-corrected chi connectivity index (χ4v) is 3.83. The molecule has 34 heavy (non-hydrogen) atoms. The molecule has 9 nitrogen and oxygen atoms in total. The van der Waals surface area contributed by atoms with Crippen molar-refractivity contribution in [1.82, 2.24) is 21.1 Å². The Balaban J connectivity index is 1.49. The molecular formula is C23H27BrN4O5S. The lowest BCUT2D eigenvalue weighted by molar-refractivity contribution is -0.129. The zero-order chi connectivity index (χ0) is 24.7. The van der Waals surface area contributed by atoms with Crippen molar-refractivity contribution in [3.05, 3.63) is 52.4 Å². The van der Waals surface area contributed by atoms with E-state index in [0.29, 0.717) is 40.6 Å². The standard InChI is InChI=1S/C23H27BrN4O5S/c1-14(2)7-9-33-19-6-5-16(24)11-18(19)22(31)25-23(34)27-26-21(30)15-10-20(29)28(12-15)13-17-4-3-8-32-17/h3-6,8,11,14-15H,7,9-10,12-13H2,1-2H3,(H,26,30)(H2,25,27,31,34). The Labute approximate surface area is 211 Å². The summed E-state index contributed by atoms with van der Waals surface area (Å²) in [6.45, 7) is 5.24. The van der Waals surface area contributed by atoms with Gasteiger partial charge in [0.2, 0.25) is 11.8 Å². The summed E-state index contributed by atoms with van der Waals surface area (Å²) < 4.78 is 11.7. The maximum atomic E-state index is 12.8. The normalized spacial score (nSPS) is 15.4. The van der Waals surface area contributed by atoms with Crippen molar-refractivity contribution in [2.45, 2.75) is 33.2 Å². The maximum Gasteiger partial charge on any atom is 0.261 e. The van der Waals surface area contributed by atoms with E-state index in [4.69, 9.17) is 21.4 Å². The van der Waals surface area contributed by atoms with Crippen LogP contribution >= 0.6 is 28.1 Å². The first kappa shape index (κ1) is 25.7. The van der Waals surface area contributed by atoms with Crippen LogP contribution < -0.4 is 20.9 Å². The molecule has 1 aromatic carbocycles. The molecule has 1 aromatic heterocycles. The number of hydrazine groups is 1. The molecule has 0 aliphatic carbocycles. The highest BCUT2D eigenvalue weighted by Crippen LogP contribution is 2.24. The van der Waals surface area contributed by atoms with Gasteiger partial charge in [-0.3, -0.25) is 30.6 Å². The van der Waals surface area contributed by atoms with Crippen molar-refractivity contribution < 1.29 is 23.5 Å². The number of nitrogens with one attached hydrogen (secondary N) is 3. The van der Waals surface area contributed by atoms with E-state index in [1.165, 1.54) is 6.26 Å². The third-order valence-corrected chi connectivity index (χ3v) is 5.87. The molecule has 2 aromatic rings. The predicted octanol–water partition coefficient (Wildman–Crippen LogP) is 3.15. The molecule has 1 saturated heterocycles. The number of furan rings is 1. The number of thiocarbonyl (C=S) groups is 1. The van der Waals surface area contributed by atoms with Gasteiger partial charge in [-0.25, -0.2) is 0 Å². The quantitative estimate of drug-likeness (QED) is 0.341. The number of halogens is 1. The zero-order valence-electron chi connectivity index (χ0n) is 18.9. The third-order valence-electron chi connectivity index (χ3n) is 5.18. The molecule has 3 rings (SSSR count). The van der Waals surface area contributed by atoms with E-state index in [2.05, 4.69) is 45.9 Å². The summed E-state index contributed by atoms with van der Waals surface area (Å²) in [5.74, 6) is 0.0122. The molecule has 1 unspecified atom stereocenters. The summed E-state index contributed by atoms with van der Waals surface area (Å²) in [5.41, 5.74) is 5.30. The molecular weight excluding hydrogens is 524 g/mol. The number of hydrogen-bond acceptors (Lipinski definition) is 6. The van der Waals surface area contributed by atoms with E-state index < -0.39 is 17.7 Å². The van der Waals surface area contributed by atoms with Gasteiger partial charge in [0.1, 0.15) is 11.5 Å². The predicted molar refractivity (Wildman–Crippen MR) is 133 cm³/mol. The first-order valence-electron chi connectivity index (χ1n) is 10.9. The number of benzene rings is 1. The topological polar surface area (TPSA) is 113 Å². The van der Waals surface area contributed by atoms with Crippen molar-refractivity contribution in [3.8, 4) is 5.75 Å². The number of carbonyl (C=O) groups excluding carboxylic acids is 3. The molecule has 11 heteroatoms. The van der Waals surface area contributed by atoms with E-state index >= 15 is 0 Å². The monoisotopic (exact) mass is 550 g/mol. The van der Waals surface area contributed by atoms with E-state index in [1.807, 2.05) is 0 Å². The first-order chi connectivity index (χ1) is 16.2. The lowest BCUT2D eigenvalue weighted by Crippen LogP contribution is -2.50. The Morgan fingerprint density at radius 3 is 2.79 bits per heavy atom. The summed E-state index contributed by atoms with van der Waals surface area (Å²) in [4.78, 5) is 39.0. The molecule has 0 saturated carbocycles. The number of hydrogen-bond donors (Lipinski definition) is 3. The molecule has 0 bridgehead atoms. The molecule has 1 aliphatic rings. The summed E-state index contributed by atoms with van der Waals surface area (Å²) in [6, 6.07) is 8.65. The van der Waals surface area contributed by atoms with Gasteiger partial charge < -0.3 is 14.1 Å². The van der Waals surface area contributed by atoms with Crippen LogP contribution in [0.2, 0.25) is 0 Å². The van der Waals surface area contributed by atoms with Gasteiger partial charge in [0.05, 0.1) is 30.9 Å². The zero-order valence-corrected chi connectivity index (χ0v) is 21.3. The summed E-state index contributed by atoms with van der Waals surface area (Å²) in [5, 5.41) is 2.45. The molecule has 182 valence electrons. The van der Waals surface area contributed by atoms with Crippen LogP contribution in [0.25, 0.3) is 0 Å².